The molecule has 0 saturated heterocycles. The minimum Gasteiger partial charge on any atom is -0.322 e. The molecule has 0 bridgehead atoms. The van der Waals surface area contributed by atoms with E-state index in [2.05, 4.69) is 20.4 Å². The smallest absolute Gasteiger partial charge is 0.213 e. The number of allylic oxidation sites excluding steroid dienone is 2. The number of carbonyl (C=O) groups is 1. The molecule has 0 aliphatic rings. The summed E-state index contributed by atoms with van der Waals surface area (Å²) >= 11 is 0. The minimum atomic E-state index is 0.753. The van der Waals surface area contributed by atoms with Gasteiger partial charge in [-0.3, -0.25) is 4.79 Å². The van der Waals surface area contributed by atoms with Crippen LogP contribution in [0.1, 0.15) is 33.1 Å². The summed E-state index contributed by atoms with van der Waals surface area (Å²) in [5.74, 6) is 0.753. The molecule has 0 aromatic heterocycles. The lowest BCUT2D eigenvalue weighted by Gasteiger charge is -2.11. The highest BCUT2D eigenvalue weighted by molar-refractivity contribution is 5.49. The molecule has 0 aromatic carbocycles. The molecule has 0 spiro atoms. The van der Waals surface area contributed by atoms with Gasteiger partial charge in [0.2, 0.25) is 6.41 Å². The molecular formula is C12H21NO. The van der Waals surface area contributed by atoms with Crippen LogP contribution >= 0.6 is 0 Å². The number of nitrogens with zero attached hydrogens (tertiary/aromatic N) is 1. The van der Waals surface area contributed by atoms with Crippen LogP contribution in [0.3, 0.4) is 0 Å². The van der Waals surface area contributed by atoms with Crippen LogP contribution in [0.25, 0.3) is 0 Å². The van der Waals surface area contributed by atoms with Crippen LogP contribution in [0.4, 0.5) is 0 Å². The maximum Gasteiger partial charge on any atom is 0.213 e. The summed E-state index contributed by atoms with van der Waals surface area (Å²) in [4.78, 5) is 12.2. The third-order valence-electron chi connectivity index (χ3n) is 2.00. The molecule has 0 fully saturated rings. The molecule has 0 aromatic rings. The normalized spacial score (nSPS) is 10.8. The van der Waals surface area contributed by atoms with Crippen LogP contribution < -0.4 is 0 Å². The fourth-order valence-electron chi connectivity index (χ4n) is 1.18. The zero-order valence-electron chi connectivity index (χ0n) is 9.28. The van der Waals surface area contributed by atoms with Gasteiger partial charge in [-0.05, 0) is 18.4 Å². The van der Waals surface area contributed by atoms with E-state index in [0.717, 1.165) is 25.3 Å². The van der Waals surface area contributed by atoms with Crippen molar-refractivity contribution in [1.82, 2.24) is 4.90 Å². The first-order chi connectivity index (χ1) is 6.70. The van der Waals surface area contributed by atoms with E-state index in [1.165, 1.54) is 12.8 Å². The van der Waals surface area contributed by atoms with E-state index >= 15 is 0 Å². The Morgan fingerprint density at radius 1 is 1.36 bits per heavy atom. The molecule has 0 radical (unpaired) electrons. The number of hydrogen-bond acceptors (Lipinski definition) is 1. The van der Waals surface area contributed by atoms with Gasteiger partial charge in [0, 0.05) is 12.7 Å². The Kier molecular flexibility index (Phi) is 7.90. The van der Waals surface area contributed by atoms with Crippen molar-refractivity contribution < 1.29 is 4.79 Å². The van der Waals surface area contributed by atoms with Gasteiger partial charge in [-0.2, -0.15) is 0 Å². The predicted molar refractivity (Wildman–Crippen MR) is 60.8 cm³/mol. The first kappa shape index (κ1) is 12.9. The molecule has 0 aliphatic carbocycles. The third kappa shape index (κ3) is 7.59. The number of carbonyl (C=O) groups excluding carboxylic acids is 1. The van der Waals surface area contributed by atoms with Gasteiger partial charge < -0.3 is 4.90 Å². The first-order valence-electron chi connectivity index (χ1n) is 5.21. The van der Waals surface area contributed by atoms with Crippen molar-refractivity contribution in [1.29, 1.82) is 0 Å². The fourth-order valence-corrected chi connectivity index (χ4v) is 1.18. The average Bonchev–Trinajstić information content (AvgIpc) is 2.16. The summed E-state index contributed by atoms with van der Waals surface area (Å²) < 4.78 is 0. The molecule has 0 N–H and O–H groups in total. The van der Waals surface area contributed by atoms with Gasteiger partial charge in [0.25, 0.3) is 0 Å². The van der Waals surface area contributed by atoms with Crippen molar-refractivity contribution in [2.75, 3.05) is 6.54 Å². The Morgan fingerprint density at radius 3 is 2.57 bits per heavy atom. The van der Waals surface area contributed by atoms with Gasteiger partial charge in [0.1, 0.15) is 0 Å². The lowest BCUT2D eigenvalue weighted by Crippen LogP contribution is -2.16. The van der Waals surface area contributed by atoms with Gasteiger partial charge in [-0.1, -0.05) is 39.3 Å². The summed E-state index contributed by atoms with van der Waals surface area (Å²) in [6.07, 6.45) is 9.55. The summed E-state index contributed by atoms with van der Waals surface area (Å²) in [5, 5.41) is 0. The monoisotopic (exact) mass is 195 g/mol. The Morgan fingerprint density at radius 2 is 2.07 bits per heavy atom. The molecule has 0 saturated carbocycles. The Balaban J connectivity index is 3.57. The quantitative estimate of drug-likeness (QED) is 0.331. The summed E-state index contributed by atoms with van der Waals surface area (Å²) in [7, 11) is 0. The summed E-state index contributed by atoms with van der Waals surface area (Å²) in [6.45, 7) is 8.80. The van der Waals surface area contributed by atoms with Crippen LogP contribution in [-0.4, -0.2) is 17.9 Å². The van der Waals surface area contributed by atoms with Crippen molar-refractivity contribution in [2.24, 2.45) is 5.92 Å². The average molecular weight is 195 g/mol. The second kappa shape index (κ2) is 8.54. The second-order valence-electron chi connectivity index (χ2n) is 3.81. The molecule has 0 atom stereocenters. The van der Waals surface area contributed by atoms with Crippen molar-refractivity contribution in [3.63, 3.8) is 0 Å². The first-order valence-corrected chi connectivity index (χ1v) is 5.21. The van der Waals surface area contributed by atoms with Gasteiger partial charge in [-0.25, -0.2) is 0 Å². The molecule has 0 unspecified atom stereocenters. The maximum atomic E-state index is 10.6. The van der Waals surface area contributed by atoms with Crippen LogP contribution in [0.15, 0.2) is 24.9 Å². The van der Waals surface area contributed by atoms with Gasteiger partial charge in [0.05, 0.1) is 0 Å². The van der Waals surface area contributed by atoms with Crippen molar-refractivity contribution in [3.05, 3.63) is 24.9 Å². The highest BCUT2D eigenvalue weighted by Crippen LogP contribution is 2.06. The summed E-state index contributed by atoms with van der Waals surface area (Å²) in [6, 6.07) is 0. The highest BCUT2D eigenvalue weighted by Gasteiger charge is 1.97. The minimum absolute atomic E-state index is 0.753. The summed E-state index contributed by atoms with van der Waals surface area (Å²) in [5.41, 5.74) is 0. The van der Waals surface area contributed by atoms with E-state index in [1.807, 2.05) is 0 Å². The Hall–Kier alpha value is -1.05. The molecule has 0 rings (SSSR count). The molecule has 80 valence electrons. The number of amides is 1. The molecular weight excluding hydrogens is 174 g/mol. The van der Waals surface area contributed by atoms with Crippen LogP contribution in [0.5, 0.6) is 0 Å². The molecule has 0 heterocycles. The van der Waals surface area contributed by atoms with Gasteiger partial charge in [-0.15, -0.1) is 0 Å². The van der Waals surface area contributed by atoms with Gasteiger partial charge in [0.15, 0.2) is 0 Å². The highest BCUT2D eigenvalue weighted by atomic mass is 16.1. The predicted octanol–water partition coefficient (Wildman–Crippen LogP) is 2.97. The van der Waals surface area contributed by atoms with E-state index in [-0.39, 0.29) is 0 Å². The molecule has 2 nitrogen and oxygen atoms in total. The SMILES string of the molecule is C=C/C=C/N(C=O)CCCCC(C)C. The van der Waals surface area contributed by atoms with Crippen molar-refractivity contribution in [2.45, 2.75) is 33.1 Å². The van der Waals surface area contributed by atoms with Gasteiger partial charge >= 0.3 is 0 Å². The lowest BCUT2D eigenvalue weighted by atomic mass is 10.1. The number of rotatable bonds is 8. The van der Waals surface area contributed by atoms with Crippen molar-refractivity contribution in [3.8, 4) is 0 Å². The van der Waals surface area contributed by atoms with E-state index in [0.29, 0.717) is 0 Å². The van der Waals surface area contributed by atoms with E-state index < -0.39 is 0 Å². The molecule has 0 aliphatic heterocycles. The maximum absolute atomic E-state index is 10.6. The van der Waals surface area contributed by atoms with Crippen LogP contribution in [-0.2, 0) is 4.79 Å². The molecule has 1 amide bonds. The standard InChI is InChI=1S/C12H21NO/c1-4-5-9-13(11-14)10-7-6-8-12(2)3/h4-5,9,11-12H,1,6-8,10H2,2-3H3/b9-5+. The number of unbranched alkanes of at least 4 members (excludes halogenated alkanes) is 1. The van der Waals surface area contributed by atoms with Crippen LogP contribution in [0.2, 0.25) is 0 Å². The second-order valence-corrected chi connectivity index (χ2v) is 3.81. The van der Waals surface area contributed by atoms with Crippen molar-refractivity contribution >= 4 is 6.41 Å². The van der Waals surface area contributed by atoms with E-state index in [4.69, 9.17) is 0 Å². The largest absolute Gasteiger partial charge is 0.322 e. The topological polar surface area (TPSA) is 20.3 Å². The molecule has 14 heavy (non-hydrogen) atoms. The fraction of sp³-hybridized carbons (Fsp3) is 0.583. The van der Waals surface area contributed by atoms with E-state index in [9.17, 15) is 4.79 Å². The Labute approximate surface area is 87.3 Å². The van der Waals surface area contributed by atoms with Crippen LogP contribution in [0, 0.1) is 5.92 Å². The van der Waals surface area contributed by atoms with E-state index in [1.54, 1.807) is 23.3 Å². The third-order valence-corrected chi connectivity index (χ3v) is 2.00. The zero-order valence-corrected chi connectivity index (χ0v) is 9.28. The zero-order chi connectivity index (χ0) is 10.8. The lowest BCUT2D eigenvalue weighted by molar-refractivity contribution is -0.116. The Bertz CT molecular complexity index is 185. The number of hydrogen-bond donors (Lipinski definition) is 0. The molecule has 2 heteroatoms.